The van der Waals surface area contributed by atoms with Crippen molar-refractivity contribution in [2.24, 2.45) is 11.5 Å². The standard InChI is InChI=1S/C13H18ClN3O/c14-11-7-8(13(16)18)1-6-12(11)17-10-4-2-9(15)3-5-10/h1,6-7,9-10,17H,2-5,15H2,(H2,16,18)/t9-,10-. The number of anilines is 1. The predicted molar refractivity (Wildman–Crippen MR) is 73.8 cm³/mol. The van der Waals surface area contributed by atoms with Gasteiger partial charge in [-0.25, -0.2) is 0 Å². The molecular weight excluding hydrogens is 250 g/mol. The Hall–Kier alpha value is -1.26. The maximum Gasteiger partial charge on any atom is 0.248 e. The number of hydrogen-bond acceptors (Lipinski definition) is 3. The number of primary amides is 1. The Balaban J connectivity index is 2.03. The van der Waals surface area contributed by atoms with E-state index in [1.54, 1.807) is 18.2 Å². The molecule has 1 aliphatic carbocycles. The Labute approximate surface area is 112 Å². The van der Waals surface area contributed by atoms with E-state index in [9.17, 15) is 4.79 Å². The smallest absolute Gasteiger partial charge is 0.248 e. The van der Waals surface area contributed by atoms with Crippen LogP contribution < -0.4 is 16.8 Å². The molecule has 0 bridgehead atoms. The van der Waals surface area contributed by atoms with Crippen molar-refractivity contribution in [2.45, 2.75) is 37.8 Å². The Morgan fingerprint density at radius 1 is 1.28 bits per heavy atom. The number of nitrogens with two attached hydrogens (primary N) is 2. The predicted octanol–water partition coefficient (Wildman–Crippen LogP) is 2.12. The summed E-state index contributed by atoms with van der Waals surface area (Å²) < 4.78 is 0. The fraction of sp³-hybridized carbons (Fsp3) is 0.462. The van der Waals surface area contributed by atoms with E-state index in [4.69, 9.17) is 23.1 Å². The minimum absolute atomic E-state index is 0.329. The van der Waals surface area contributed by atoms with Gasteiger partial charge in [-0.15, -0.1) is 0 Å². The third-order valence-electron chi connectivity index (χ3n) is 3.39. The van der Waals surface area contributed by atoms with Crippen molar-refractivity contribution < 1.29 is 4.79 Å². The Kier molecular flexibility index (Phi) is 4.09. The lowest BCUT2D eigenvalue weighted by Crippen LogP contribution is -2.32. The lowest BCUT2D eigenvalue weighted by atomic mass is 9.91. The van der Waals surface area contributed by atoms with E-state index in [1.807, 2.05) is 0 Å². The first kappa shape index (κ1) is 13.2. The van der Waals surface area contributed by atoms with Gasteiger partial charge in [-0.05, 0) is 43.9 Å². The van der Waals surface area contributed by atoms with Crippen LogP contribution in [0.5, 0.6) is 0 Å². The van der Waals surface area contributed by atoms with Gasteiger partial charge in [0.25, 0.3) is 0 Å². The van der Waals surface area contributed by atoms with Crippen LogP contribution in [0.4, 0.5) is 5.69 Å². The highest BCUT2D eigenvalue weighted by atomic mass is 35.5. The SMILES string of the molecule is NC(=O)c1ccc(N[C@H]2CC[C@H](N)CC2)c(Cl)c1. The second kappa shape index (κ2) is 5.59. The largest absolute Gasteiger partial charge is 0.381 e. The van der Waals surface area contributed by atoms with Crippen molar-refractivity contribution in [3.63, 3.8) is 0 Å². The number of benzene rings is 1. The first-order chi connectivity index (χ1) is 8.56. The molecule has 1 aromatic carbocycles. The van der Waals surface area contributed by atoms with Gasteiger partial charge in [-0.2, -0.15) is 0 Å². The van der Waals surface area contributed by atoms with Crippen LogP contribution in [0.2, 0.25) is 5.02 Å². The maximum absolute atomic E-state index is 11.0. The number of carbonyl (C=O) groups is 1. The number of nitrogens with one attached hydrogen (secondary N) is 1. The molecule has 98 valence electrons. The third kappa shape index (κ3) is 3.15. The highest BCUT2D eigenvalue weighted by Crippen LogP contribution is 2.27. The zero-order valence-electron chi connectivity index (χ0n) is 10.2. The summed E-state index contributed by atoms with van der Waals surface area (Å²) >= 11 is 6.13. The van der Waals surface area contributed by atoms with Crippen molar-refractivity contribution in [1.82, 2.24) is 0 Å². The third-order valence-corrected chi connectivity index (χ3v) is 3.70. The molecule has 0 aliphatic heterocycles. The number of halogens is 1. The second-order valence-electron chi connectivity index (χ2n) is 4.81. The first-order valence-electron chi connectivity index (χ1n) is 6.17. The van der Waals surface area contributed by atoms with E-state index < -0.39 is 5.91 Å². The van der Waals surface area contributed by atoms with E-state index >= 15 is 0 Å². The van der Waals surface area contributed by atoms with E-state index in [-0.39, 0.29) is 0 Å². The van der Waals surface area contributed by atoms with E-state index in [1.165, 1.54) is 0 Å². The number of rotatable bonds is 3. The number of carbonyl (C=O) groups excluding carboxylic acids is 1. The van der Waals surface area contributed by atoms with Crippen molar-refractivity contribution in [1.29, 1.82) is 0 Å². The Morgan fingerprint density at radius 3 is 2.50 bits per heavy atom. The van der Waals surface area contributed by atoms with Gasteiger partial charge in [-0.1, -0.05) is 11.6 Å². The van der Waals surface area contributed by atoms with Crippen LogP contribution in [-0.4, -0.2) is 18.0 Å². The normalized spacial score (nSPS) is 23.7. The van der Waals surface area contributed by atoms with Crippen LogP contribution in [0.1, 0.15) is 36.0 Å². The zero-order chi connectivity index (χ0) is 13.1. The molecule has 1 amide bonds. The van der Waals surface area contributed by atoms with Crippen molar-refractivity contribution >= 4 is 23.2 Å². The van der Waals surface area contributed by atoms with Crippen LogP contribution in [0.3, 0.4) is 0 Å². The fourth-order valence-electron chi connectivity index (χ4n) is 2.27. The van der Waals surface area contributed by atoms with Gasteiger partial charge in [0, 0.05) is 17.6 Å². The molecule has 0 aromatic heterocycles. The van der Waals surface area contributed by atoms with Crippen molar-refractivity contribution in [3.8, 4) is 0 Å². The lowest BCUT2D eigenvalue weighted by molar-refractivity contribution is 0.100. The molecule has 5 heteroatoms. The monoisotopic (exact) mass is 267 g/mol. The summed E-state index contributed by atoms with van der Waals surface area (Å²) in [6.45, 7) is 0. The van der Waals surface area contributed by atoms with Gasteiger partial charge in [0.15, 0.2) is 0 Å². The quantitative estimate of drug-likeness (QED) is 0.785. The highest BCUT2D eigenvalue weighted by Gasteiger charge is 2.19. The lowest BCUT2D eigenvalue weighted by Gasteiger charge is -2.28. The summed E-state index contributed by atoms with van der Waals surface area (Å²) in [4.78, 5) is 11.0. The average molecular weight is 268 g/mol. The van der Waals surface area contributed by atoms with Crippen molar-refractivity contribution in [3.05, 3.63) is 28.8 Å². The van der Waals surface area contributed by atoms with Gasteiger partial charge in [0.05, 0.1) is 10.7 Å². The molecule has 1 saturated carbocycles. The summed E-state index contributed by atoms with van der Waals surface area (Å²) in [6, 6.07) is 5.82. The maximum atomic E-state index is 11.0. The minimum Gasteiger partial charge on any atom is -0.381 e. The number of amides is 1. The molecule has 1 fully saturated rings. The molecule has 0 heterocycles. The minimum atomic E-state index is -0.466. The molecule has 0 radical (unpaired) electrons. The highest BCUT2D eigenvalue weighted by molar-refractivity contribution is 6.33. The van der Waals surface area contributed by atoms with Crippen LogP contribution >= 0.6 is 11.6 Å². The Bertz CT molecular complexity index is 442. The molecule has 5 N–H and O–H groups in total. The summed E-state index contributed by atoms with van der Waals surface area (Å²) in [5, 5.41) is 3.93. The van der Waals surface area contributed by atoms with E-state index in [0.29, 0.717) is 22.7 Å². The molecule has 0 unspecified atom stereocenters. The summed E-state index contributed by atoms with van der Waals surface area (Å²) in [5.41, 5.74) is 12.3. The summed E-state index contributed by atoms with van der Waals surface area (Å²) in [6.07, 6.45) is 4.17. The molecule has 2 rings (SSSR count). The van der Waals surface area contributed by atoms with Gasteiger partial charge in [0.2, 0.25) is 5.91 Å². The molecule has 0 saturated heterocycles. The van der Waals surface area contributed by atoms with E-state index in [0.717, 1.165) is 31.4 Å². The zero-order valence-corrected chi connectivity index (χ0v) is 10.9. The molecular formula is C13H18ClN3O. The molecule has 18 heavy (non-hydrogen) atoms. The van der Waals surface area contributed by atoms with E-state index in [2.05, 4.69) is 5.32 Å². The first-order valence-corrected chi connectivity index (χ1v) is 6.55. The molecule has 0 atom stereocenters. The van der Waals surface area contributed by atoms with Gasteiger partial charge in [0.1, 0.15) is 0 Å². The van der Waals surface area contributed by atoms with Gasteiger partial charge >= 0.3 is 0 Å². The Morgan fingerprint density at radius 2 is 1.94 bits per heavy atom. The molecule has 0 spiro atoms. The fourth-order valence-corrected chi connectivity index (χ4v) is 2.50. The average Bonchev–Trinajstić information content (AvgIpc) is 2.34. The molecule has 1 aliphatic rings. The summed E-state index contributed by atoms with van der Waals surface area (Å²) in [7, 11) is 0. The van der Waals surface area contributed by atoms with Crippen LogP contribution in [0, 0.1) is 0 Å². The number of hydrogen-bond donors (Lipinski definition) is 3. The van der Waals surface area contributed by atoms with Crippen LogP contribution in [0.15, 0.2) is 18.2 Å². The van der Waals surface area contributed by atoms with Crippen LogP contribution in [-0.2, 0) is 0 Å². The summed E-state index contributed by atoms with van der Waals surface area (Å²) in [5.74, 6) is -0.466. The second-order valence-corrected chi connectivity index (χ2v) is 5.22. The van der Waals surface area contributed by atoms with Gasteiger partial charge in [-0.3, -0.25) is 4.79 Å². The van der Waals surface area contributed by atoms with Gasteiger partial charge < -0.3 is 16.8 Å². The molecule has 4 nitrogen and oxygen atoms in total. The topological polar surface area (TPSA) is 81.1 Å². The van der Waals surface area contributed by atoms with Crippen LogP contribution in [0.25, 0.3) is 0 Å². The van der Waals surface area contributed by atoms with Crippen molar-refractivity contribution in [2.75, 3.05) is 5.32 Å². The molecule has 1 aromatic rings.